The van der Waals surface area contributed by atoms with Crippen LogP contribution in [0.4, 0.5) is 0 Å². The number of carbonyl (C=O) groups is 2. The van der Waals surface area contributed by atoms with Crippen LogP contribution in [-0.4, -0.2) is 62.0 Å². The largest absolute Gasteiger partial charge is 0.493 e. The van der Waals surface area contributed by atoms with Gasteiger partial charge in [-0.15, -0.1) is 0 Å². The molecule has 1 aliphatic carbocycles. The fourth-order valence-electron chi connectivity index (χ4n) is 2.87. The van der Waals surface area contributed by atoms with Gasteiger partial charge < -0.3 is 19.3 Å². The highest BCUT2D eigenvalue weighted by molar-refractivity contribution is 5.95. The van der Waals surface area contributed by atoms with Gasteiger partial charge in [-0.3, -0.25) is 9.59 Å². The second-order valence-corrected chi connectivity index (χ2v) is 5.96. The molecule has 6 nitrogen and oxygen atoms in total. The smallest absolute Gasteiger partial charge is 0.254 e. The number of rotatable bonds is 4. The van der Waals surface area contributed by atoms with Crippen molar-refractivity contribution in [2.45, 2.75) is 12.8 Å². The van der Waals surface area contributed by atoms with Gasteiger partial charge in [-0.1, -0.05) is 0 Å². The predicted molar refractivity (Wildman–Crippen MR) is 84.8 cm³/mol. The first kappa shape index (κ1) is 15.6. The summed E-state index contributed by atoms with van der Waals surface area (Å²) in [5, 5.41) is 0. The summed E-state index contributed by atoms with van der Waals surface area (Å²) in [6.45, 7) is 2.39. The SMILES string of the molecule is COc1ccc(C(=O)N2CCN(C(=O)C3CC3)CC2)cc1OC. The van der Waals surface area contributed by atoms with E-state index < -0.39 is 0 Å². The van der Waals surface area contributed by atoms with Crippen LogP contribution < -0.4 is 9.47 Å². The molecule has 1 saturated heterocycles. The standard InChI is InChI=1S/C17H22N2O4/c1-22-14-6-5-13(11-15(14)23-2)17(21)19-9-7-18(8-10-19)16(20)12-3-4-12/h5-6,11-12H,3-4,7-10H2,1-2H3. The Labute approximate surface area is 136 Å². The minimum absolute atomic E-state index is 0.0375. The maximum Gasteiger partial charge on any atom is 0.254 e. The lowest BCUT2D eigenvalue weighted by Crippen LogP contribution is -2.51. The van der Waals surface area contributed by atoms with Crippen molar-refractivity contribution >= 4 is 11.8 Å². The van der Waals surface area contributed by atoms with Crippen LogP contribution in [0.1, 0.15) is 23.2 Å². The van der Waals surface area contributed by atoms with Crippen LogP contribution >= 0.6 is 0 Å². The Kier molecular flexibility index (Phi) is 4.41. The number of hydrogen-bond acceptors (Lipinski definition) is 4. The summed E-state index contributed by atoms with van der Waals surface area (Å²) in [7, 11) is 3.11. The number of piperazine rings is 1. The Bertz CT molecular complexity index is 605. The topological polar surface area (TPSA) is 59.1 Å². The molecule has 1 saturated carbocycles. The number of amides is 2. The highest BCUT2D eigenvalue weighted by Gasteiger charge is 2.35. The van der Waals surface area contributed by atoms with Crippen LogP contribution in [0.5, 0.6) is 11.5 Å². The zero-order valence-electron chi connectivity index (χ0n) is 13.6. The molecule has 2 fully saturated rings. The first-order valence-electron chi connectivity index (χ1n) is 7.94. The molecular formula is C17H22N2O4. The molecule has 0 unspecified atom stereocenters. The molecule has 6 heteroatoms. The molecule has 0 atom stereocenters. The van der Waals surface area contributed by atoms with Crippen LogP contribution in [0.15, 0.2) is 18.2 Å². The van der Waals surface area contributed by atoms with Crippen molar-refractivity contribution in [2.75, 3.05) is 40.4 Å². The molecule has 3 rings (SSSR count). The molecule has 23 heavy (non-hydrogen) atoms. The fraction of sp³-hybridized carbons (Fsp3) is 0.529. The van der Waals surface area contributed by atoms with E-state index in [2.05, 4.69) is 0 Å². The van der Waals surface area contributed by atoms with Crippen molar-refractivity contribution in [3.8, 4) is 11.5 Å². The van der Waals surface area contributed by atoms with E-state index in [-0.39, 0.29) is 17.7 Å². The van der Waals surface area contributed by atoms with E-state index >= 15 is 0 Å². The summed E-state index contributed by atoms with van der Waals surface area (Å²) in [6.07, 6.45) is 2.03. The molecule has 0 bridgehead atoms. The second-order valence-electron chi connectivity index (χ2n) is 5.96. The van der Waals surface area contributed by atoms with Gasteiger partial charge in [0, 0.05) is 37.7 Å². The van der Waals surface area contributed by atoms with Crippen molar-refractivity contribution in [3.63, 3.8) is 0 Å². The summed E-state index contributed by atoms with van der Waals surface area (Å²) in [6, 6.07) is 5.17. The van der Waals surface area contributed by atoms with Crippen LogP contribution in [0, 0.1) is 5.92 Å². The van der Waals surface area contributed by atoms with E-state index in [0.29, 0.717) is 43.2 Å². The van der Waals surface area contributed by atoms with E-state index in [1.54, 1.807) is 37.3 Å². The number of benzene rings is 1. The fourth-order valence-corrected chi connectivity index (χ4v) is 2.87. The van der Waals surface area contributed by atoms with E-state index in [4.69, 9.17) is 9.47 Å². The molecule has 2 amide bonds. The summed E-state index contributed by atoms with van der Waals surface area (Å²) < 4.78 is 10.4. The third-order valence-corrected chi connectivity index (χ3v) is 4.44. The third-order valence-electron chi connectivity index (χ3n) is 4.44. The summed E-state index contributed by atoms with van der Waals surface area (Å²) in [4.78, 5) is 28.3. The highest BCUT2D eigenvalue weighted by atomic mass is 16.5. The Hall–Kier alpha value is -2.24. The van der Waals surface area contributed by atoms with Gasteiger partial charge in [0.25, 0.3) is 5.91 Å². The van der Waals surface area contributed by atoms with Crippen molar-refractivity contribution in [1.82, 2.24) is 9.80 Å². The van der Waals surface area contributed by atoms with Crippen molar-refractivity contribution < 1.29 is 19.1 Å². The number of hydrogen-bond donors (Lipinski definition) is 0. The number of nitrogens with zero attached hydrogens (tertiary/aromatic N) is 2. The van der Waals surface area contributed by atoms with Gasteiger partial charge in [-0.25, -0.2) is 0 Å². The Morgan fingerprint density at radius 2 is 1.57 bits per heavy atom. The Morgan fingerprint density at radius 1 is 0.957 bits per heavy atom. The summed E-state index contributed by atoms with van der Waals surface area (Å²) >= 11 is 0. The van der Waals surface area contributed by atoms with Gasteiger partial charge in [0.2, 0.25) is 5.91 Å². The number of methoxy groups -OCH3 is 2. The molecule has 0 N–H and O–H groups in total. The molecule has 0 radical (unpaired) electrons. The van der Waals surface area contributed by atoms with Crippen LogP contribution in [0.3, 0.4) is 0 Å². The average molecular weight is 318 g/mol. The monoisotopic (exact) mass is 318 g/mol. The lowest BCUT2D eigenvalue weighted by molar-refractivity contribution is -0.134. The van der Waals surface area contributed by atoms with Crippen LogP contribution in [0.25, 0.3) is 0 Å². The Morgan fingerprint density at radius 3 is 2.13 bits per heavy atom. The van der Waals surface area contributed by atoms with E-state index in [1.165, 1.54) is 0 Å². The van der Waals surface area contributed by atoms with Gasteiger partial charge in [0.05, 0.1) is 14.2 Å². The molecule has 1 aliphatic heterocycles. The molecule has 0 aromatic heterocycles. The van der Waals surface area contributed by atoms with Crippen molar-refractivity contribution in [2.24, 2.45) is 5.92 Å². The summed E-state index contributed by atoms with van der Waals surface area (Å²) in [5.41, 5.74) is 0.574. The lowest BCUT2D eigenvalue weighted by atomic mass is 10.1. The maximum absolute atomic E-state index is 12.6. The van der Waals surface area contributed by atoms with Gasteiger partial charge in [-0.05, 0) is 31.0 Å². The minimum atomic E-state index is -0.0375. The number of ether oxygens (including phenoxy) is 2. The molecule has 1 heterocycles. The van der Waals surface area contributed by atoms with E-state index in [9.17, 15) is 9.59 Å². The van der Waals surface area contributed by atoms with Gasteiger partial charge in [0.15, 0.2) is 11.5 Å². The second kappa shape index (κ2) is 6.48. The molecule has 124 valence electrons. The van der Waals surface area contributed by atoms with E-state index in [1.807, 2.05) is 4.90 Å². The maximum atomic E-state index is 12.6. The predicted octanol–water partition coefficient (Wildman–Crippen LogP) is 1.40. The molecule has 0 spiro atoms. The quantitative estimate of drug-likeness (QED) is 0.842. The number of carbonyl (C=O) groups excluding carboxylic acids is 2. The normalized spacial score (nSPS) is 17.8. The molecule has 1 aromatic carbocycles. The Balaban J connectivity index is 1.63. The van der Waals surface area contributed by atoms with Crippen molar-refractivity contribution in [1.29, 1.82) is 0 Å². The van der Waals surface area contributed by atoms with Crippen LogP contribution in [-0.2, 0) is 4.79 Å². The van der Waals surface area contributed by atoms with Gasteiger partial charge >= 0.3 is 0 Å². The highest BCUT2D eigenvalue weighted by Crippen LogP contribution is 2.31. The first-order chi connectivity index (χ1) is 11.1. The molecule has 2 aliphatic rings. The molecular weight excluding hydrogens is 296 g/mol. The molecule has 1 aromatic rings. The third kappa shape index (κ3) is 3.25. The first-order valence-corrected chi connectivity index (χ1v) is 7.94. The van der Waals surface area contributed by atoms with E-state index in [0.717, 1.165) is 12.8 Å². The van der Waals surface area contributed by atoms with Crippen molar-refractivity contribution in [3.05, 3.63) is 23.8 Å². The van der Waals surface area contributed by atoms with Gasteiger partial charge in [0.1, 0.15) is 0 Å². The average Bonchev–Trinajstić information content (AvgIpc) is 3.45. The minimum Gasteiger partial charge on any atom is -0.493 e. The summed E-state index contributed by atoms with van der Waals surface area (Å²) in [5.74, 6) is 1.60. The lowest BCUT2D eigenvalue weighted by Gasteiger charge is -2.35. The van der Waals surface area contributed by atoms with Crippen LogP contribution in [0.2, 0.25) is 0 Å². The zero-order valence-corrected chi connectivity index (χ0v) is 13.6. The zero-order chi connectivity index (χ0) is 16.4. The van der Waals surface area contributed by atoms with Gasteiger partial charge in [-0.2, -0.15) is 0 Å².